The second kappa shape index (κ2) is 8.10. The SMILES string of the molecule is COc1ccc(-c2cccc3c2OC(CNC(=O)Cc2c[nH]c4ccccc24)C3)nn1. The summed E-state index contributed by atoms with van der Waals surface area (Å²) in [6.07, 6.45) is 2.85. The highest BCUT2D eigenvalue weighted by Gasteiger charge is 2.26. The number of hydrogen-bond acceptors (Lipinski definition) is 5. The Labute approximate surface area is 179 Å². The van der Waals surface area contributed by atoms with Gasteiger partial charge in [0.25, 0.3) is 0 Å². The van der Waals surface area contributed by atoms with Gasteiger partial charge in [-0.25, -0.2) is 0 Å². The number of carbonyl (C=O) groups is 1. The number of fused-ring (bicyclic) bond motifs is 2. The van der Waals surface area contributed by atoms with Gasteiger partial charge in [0.2, 0.25) is 11.8 Å². The number of aromatic nitrogens is 3. The van der Waals surface area contributed by atoms with Crippen LogP contribution >= 0.6 is 0 Å². The Morgan fingerprint density at radius 2 is 2.06 bits per heavy atom. The van der Waals surface area contributed by atoms with E-state index in [1.165, 1.54) is 0 Å². The van der Waals surface area contributed by atoms with Crippen LogP contribution in [0.15, 0.2) is 60.8 Å². The molecule has 1 amide bonds. The van der Waals surface area contributed by atoms with E-state index in [0.29, 0.717) is 18.8 Å². The number of aromatic amines is 1. The summed E-state index contributed by atoms with van der Waals surface area (Å²) in [5, 5.41) is 12.4. The Bertz CT molecular complexity index is 1230. The summed E-state index contributed by atoms with van der Waals surface area (Å²) >= 11 is 0. The van der Waals surface area contributed by atoms with Crippen molar-refractivity contribution in [2.45, 2.75) is 18.9 Å². The molecule has 156 valence electrons. The van der Waals surface area contributed by atoms with E-state index in [1.54, 1.807) is 13.2 Å². The first kappa shape index (κ1) is 19.1. The minimum atomic E-state index is -0.116. The molecule has 1 aliphatic rings. The second-order valence-corrected chi connectivity index (χ2v) is 7.54. The van der Waals surface area contributed by atoms with Crippen molar-refractivity contribution >= 4 is 16.8 Å². The minimum Gasteiger partial charge on any atom is -0.487 e. The number of nitrogens with zero attached hydrogens (tertiary/aromatic N) is 2. The van der Waals surface area contributed by atoms with Gasteiger partial charge in [-0.1, -0.05) is 30.3 Å². The molecule has 31 heavy (non-hydrogen) atoms. The molecule has 2 aromatic heterocycles. The van der Waals surface area contributed by atoms with Crippen molar-refractivity contribution in [3.63, 3.8) is 0 Å². The Morgan fingerprint density at radius 1 is 1.16 bits per heavy atom. The quantitative estimate of drug-likeness (QED) is 0.505. The number of amides is 1. The average Bonchev–Trinajstić information content (AvgIpc) is 3.42. The molecule has 7 nitrogen and oxygen atoms in total. The molecule has 0 saturated carbocycles. The zero-order chi connectivity index (χ0) is 21.2. The summed E-state index contributed by atoms with van der Waals surface area (Å²) in [5.74, 6) is 1.25. The summed E-state index contributed by atoms with van der Waals surface area (Å²) < 4.78 is 11.3. The molecule has 1 atom stereocenters. The monoisotopic (exact) mass is 414 g/mol. The Kier molecular flexibility index (Phi) is 5.00. The zero-order valence-electron chi connectivity index (χ0n) is 17.1. The summed E-state index contributed by atoms with van der Waals surface area (Å²) in [6, 6.07) is 17.6. The molecule has 0 aliphatic carbocycles. The average molecular weight is 414 g/mol. The number of rotatable bonds is 6. The summed E-state index contributed by atoms with van der Waals surface area (Å²) in [4.78, 5) is 15.7. The van der Waals surface area contributed by atoms with E-state index in [0.717, 1.165) is 45.5 Å². The number of carbonyl (C=O) groups excluding carboxylic acids is 1. The van der Waals surface area contributed by atoms with E-state index < -0.39 is 0 Å². The van der Waals surface area contributed by atoms with Gasteiger partial charge >= 0.3 is 0 Å². The van der Waals surface area contributed by atoms with E-state index in [1.807, 2.05) is 54.7 Å². The van der Waals surface area contributed by atoms with Crippen LogP contribution in [0, 0.1) is 0 Å². The van der Waals surface area contributed by atoms with Crippen LogP contribution in [0.3, 0.4) is 0 Å². The van der Waals surface area contributed by atoms with Crippen molar-refractivity contribution in [1.82, 2.24) is 20.5 Å². The Balaban J connectivity index is 1.23. The maximum atomic E-state index is 12.5. The molecule has 2 N–H and O–H groups in total. The third-order valence-electron chi connectivity index (χ3n) is 5.51. The van der Waals surface area contributed by atoms with Crippen LogP contribution < -0.4 is 14.8 Å². The fraction of sp³-hybridized carbons (Fsp3) is 0.208. The van der Waals surface area contributed by atoms with Crippen LogP contribution in [-0.4, -0.2) is 40.8 Å². The van der Waals surface area contributed by atoms with E-state index >= 15 is 0 Å². The van der Waals surface area contributed by atoms with E-state index in [4.69, 9.17) is 9.47 Å². The molecule has 0 radical (unpaired) electrons. The number of nitrogens with one attached hydrogen (secondary N) is 2. The normalized spacial score (nSPS) is 14.8. The topological polar surface area (TPSA) is 89.1 Å². The van der Waals surface area contributed by atoms with Gasteiger partial charge in [0.1, 0.15) is 11.9 Å². The van der Waals surface area contributed by atoms with Gasteiger partial charge in [0.05, 0.1) is 25.8 Å². The number of ether oxygens (including phenoxy) is 2. The molecule has 0 saturated heterocycles. The summed E-state index contributed by atoms with van der Waals surface area (Å²) in [5.41, 5.74) is 4.74. The molecule has 3 heterocycles. The molecule has 2 aromatic carbocycles. The van der Waals surface area contributed by atoms with Gasteiger partial charge in [-0.15, -0.1) is 10.2 Å². The van der Waals surface area contributed by atoms with E-state index in [9.17, 15) is 4.79 Å². The second-order valence-electron chi connectivity index (χ2n) is 7.54. The van der Waals surface area contributed by atoms with Gasteiger partial charge in [-0.05, 0) is 29.3 Å². The fourth-order valence-electron chi connectivity index (χ4n) is 3.97. The standard InChI is InChI=1S/C24H22N4O3/c1-30-23-10-9-21(27-28-23)19-7-4-5-15-11-17(31-24(15)19)14-26-22(29)12-16-13-25-20-8-3-2-6-18(16)20/h2-10,13,17,25H,11-12,14H2,1H3,(H,26,29). The van der Waals surface area contributed by atoms with Crippen LogP contribution in [-0.2, 0) is 17.6 Å². The zero-order valence-corrected chi connectivity index (χ0v) is 17.1. The molecule has 0 spiro atoms. The smallest absolute Gasteiger partial charge is 0.233 e. The molecular weight excluding hydrogens is 392 g/mol. The van der Waals surface area contributed by atoms with Gasteiger partial charge in [-0.3, -0.25) is 4.79 Å². The first-order valence-corrected chi connectivity index (χ1v) is 10.2. The van der Waals surface area contributed by atoms with E-state index in [2.05, 4.69) is 20.5 Å². The fourth-order valence-corrected chi connectivity index (χ4v) is 3.97. The van der Waals surface area contributed by atoms with Crippen molar-refractivity contribution < 1.29 is 14.3 Å². The summed E-state index contributed by atoms with van der Waals surface area (Å²) in [7, 11) is 1.56. The Morgan fingerprint density at radius 3 is 2.90 bits per heavy atom. The van der Waals surface area contributed by atoms with Gasteiger partial charge < -0.3 is 19.8 Å². The Hall–Kier alpha value is -3.87. The van der Waals surface area contributed by atoms with Crippen LogP contribution in [0.25, 0.3) is 22.2 Å². The first-order valence-electron chi connectivity index (χ1n) is 10.2. The van der Waals surface area contributed by atoms with E-state index in [-0.39, 0.29) is 12.0 Å². The molecule has 5 rings (SSSR count). The van der Waals surface area contributed by atoms with Crippen LogP contribution in [0.4, 0.5) is 0 Å². The lowest BCUT2D eigenvalue weighted by atomic mass is 10.0. The third kappa shape index (κ3) is 3.82. The maximum Gasteiger partial charge on any atom is 0.233 e. The van der Waals surface area contributed by atoms with Crippen LogP contribution in [0.2, 0.25) is 0 Å². The number of benzene rings is 2. The van der Waals surface area contributed by atoms with Gasteiger partial charge in [0.15, 0.2) is 0 Å². The molecule has 7 heteroatoms. The van der Waals surface area contributed by atoms with Crippen LogP contribution in [0.1, 0.15) is 11.1 Å². The molecular formula is C24H22N4O3. The first-order chi connectivity index (χ1) is 15.2. The predicted octanol–water partition coefficient (Wildman–Crippen LogP) is 3.30. The number of methoxy groups -OCH3 is 1. The van der Waals surface area contributed by atoms with Crippen LogP contribution in [0.5, 0.6) is 11.6 Å². The number of para-hydroxylation sites is 2. The van der Waals surface area contributed by atoms with Crippen molar-refractivity contribution in [2.24, 2.45) is 0 Å². The molecule has 1 aliphatic heterocycles. The van der Waals surface area contributed by atoms with Crippen molar-refractivity contribution in [1.29, 1.82) is 0 Å². The molecule has 0 fully saturated rings. The summed E-state index contributed by atoms with van der Waals surface area (Å²) in [6.45, 7) is 0.448. The number of H-pyrrole nitrogens is 1. The maximum absolute atomic E-state index is 12.5. The van der Waals surface area contributed by atoms with Gasteiger partial charge in [-0.2, -0.15) is 0 Å². The minimum absolute atomic E-state index is 0.0226. The molecule has 4 aromatic rings. The molecule has 1 unspecified atom stereocenters. The van der Waals surface area contributed by atoms with Crippen molar-refractivity contribution in [2.75, 3.05) is 13.7 Å². The highest BCUT2D eigenvalue weighted by atomic mass is 16.5. The highest BCUT2D eigenvalue weighted by molar-refractivity contribution is 5.88. The highest BCUT2D eigenvalue weighted by Crippen LogP contribution is 2.38. The van der Waals surface area contributed by atoms with Crippen molar-refractivity contribution in [3.05, 3.63) is 71.9 Å². The lowest BCUT2D eigenvalue weighted by Crippen LogP contribution is -2.35. The van der Waals surface area contributed by atoms with Gasteiger partial charge in [0, 0.05) is 35.2 Å². The predicted molar refractivity (Wildman–Crippen MR) is 117 cm³/mol. The lowest BCUT2D eigenvalue weighted by molar-refractivity contribution is -0.120. The van der Waals surface area contributed by atoms with Crippen molar-refractivity contribution in [3.8, 4) is 22.9 Å². The lowest BCUT2D eigenvalue weighted by Gasteiger charge is -2.13. The third-order valence-corrected chi connectivity index (χ3v) is 5.51. The number of hydrogen-bond donors (Lipinski definition) is 2. The largest absolute Gasteiger partial charge is 0.487 e. The molecule has 0 bridgehead atoms.